The summed E-state index contributed by atoms with van der Waals surface area (Å²) in [6.45, 7) is -0.0231. The molecule has 4 aromatic rings. The first-order chi connectivity index (χ1) is 21.4. The van der Waals surface area contributed by atoms with Gasteiger partial charge < -0.3 is 29.0 Å². The van der Waals surface area contributed by atoms with Gasteiger partial charge in [-0.05, 0) is 17.2 Å². The van der Waals surface area contributed by atoms with Crippen molar-refractivity contribution in [1.82, 2.24) is 14.8 Å². The molecule has 0 aliphatic carbocycles. The highest BCUT2D eigenvalue weighted by atomic mass is 19.1. The molecule has 1 fully saturated rings. The molecule has 1 aromatic heterocycles. The lowest BCUT2D eigenvalue weighted by Crippen LogP contribution is -2.51. The summed E-state index contributed by atoms with van der Waals surface area (Å²) >= 11 is 0. The first-order valence-electron chi connectivity index (χ1n) is 14.0. The summed E-state index contributed by atoms with van der Waals surface area (Å²) in [7, 11) is 1.54. The number of carbonyl (C=O) groups is 2. The molecule has 3 aromatic carbocycles. The monoisotopic (exact) mass is 601 g/mol. The van der Waals surface area contributed by atoms with Crippen LogP contribution in [0.4, 0.5) is 8.78 Å². The maximum Gasteiger partial charge on any atom is 0.277 e. The topological polar surface area (TPSA) is 99.1 Å². The predicted molar refractivity (Wildman–Crippen MR) is 155 cm³/mol. The Hall–Kier alpha value is -4.87. The van der Waals surface area contributed by atoms with E-state index < -0.39 is 47.3 Å². The molecule has 3 heterocycles. The van der Waals surface area contributed by atoms with Gasteiger partial charge in [-0.15, -0.1) is 0 Å². The minimum Gasteiger partial charge on any atom is -0.483 e. The van der Waals surface area contributed by atoms with Gasteiger partial charge in [0.25, 0.3) is 11.8 Å². The second-order valence-electron chi connectivity index (χ2n) is 10.6. The van der Waals surface area contributed by atoms with Gasteiger partial charge in [0.15, 0.2) is 17.7 Å². The minimum absolute atomic E-state index is 0.0123. The highest BCUT2D eigenvalue weighted by Crippen LogP contribution is 2.40. The third-order valence-electron chi connectivity index (χ3n) is 7.74. The van der Waals surface area contributed by atoms with Gasteiger partial charge in [0.1, 0.15) is 29.9 Å². The number of benzene rings is 3. The van der Waals surface area contributed by atoms with Crippen LogP contribution in [0.25, 0.3) is 0 Å². The summed E-state index contributed by atoms with van der Waals surface area (Å²) in [5.74, 6) is -3.16. The number of halogens is 2. The highest BCUT2D eigenvalue weighted by Gasteiger charge is 2.50. The molecule has 0 radical (unpaired) electrons. The number of amides is 2. The van der Waals surface area contributed by atoms with Crippen molar-refractivity contribution in [2.24, 2.45) is 0 Å². The van der Waals surface area contributed by atoms with E-state index in [2.05, 4.69) is 5.32 Å². The van der Waals surface area contributed by atoms with Crippen LogP contribution in [0.2, 0.25) is 0 Å². The quantitative estimate of drug-likeness (QED) is 0.309. The van der Waals surface area contributed by atoms with Gasteiger partial charge in [0.05, 0.1) is 19.2 Å². The maximum atomic E-state index is 14.2. The van der Waals surface area contributed by atoms with E-state index >= 15 is 0 Å². The molecule has 1 N–H and O–H groups in total. The number of nitrogens with one attached hydrogen (secondary N) is 1. The highest BCUT2D eigenvalue weighted by molar-refractivity contribution is 5.99. The average molecular weight is 602 g/mol. The lowest BCUT2D eigenvalue weighted by atomic mass is 10.0. The van der Waals surface area contributed by atoms with Crippen molar-refractivity contribution in [2.45, 2.75) is 38.1 Å². The first-order valence-corrected chi connectivity index (χ1v) is 14.0. The van der Waals surface area contributed by atoms with Crippen molar-refractivity contribution in [1.29, 1.82) is 0 Å². The summed E-state index contributed by atoms with van der Waals surface area (Å²) in [6, 6.07) is 21.1. The molecule has 1 saturated heterocycles. The maximum absolute atomic E-state index is 14.2. The van der Waals surface area contributed by atoms with Crippen LogP contribution >= 0.6 is 0 Å². The number of hydrogen-bond donors (Lipinski definition) is 1. The minimum atomic E-state index is -0.831. The lowest BCUT2D eigenvalue weighted by Gasteiger charge is -2.35. The Kier molecular flexibility index (Phi) is 8.23. The third-order valence-corrected chi connectivity index (χ3v) is 7.74. The smallest absolute Gasteiger partial charge is 0.277 e. The van der Waals surface area contributed by atoms with E-state index in [0.29, 0.717) is 6.07 Å². The number of carbonyl (C=O) groups excluding carboxylic acids is 2. The summed E-state index contributed by atoms with van der Waals surface area (Å²) in [5.41, 5.74) is 0.551. The average Bonchev–Trinajstić information content (AvgIpc) is 3.39. The van der Waals surface area contributed by atoms with Crippen molar-refractivity contribution in [3.8, 4) is 5.75 Å². The van der Waals surface area contributed by atoms with Gasteiger partial charge in [-0.25, -0.2) is 8.78 Å². The second-order valence-corrected chi connectivity index (χ2v) is 10.6. The number of hydrogen-bond acceptors (Lipinski definition) is 6. The van der Waals surface area contributed by atoms with E-state index in [1.807, 2.05) is 60.7 Å². The fraction of sp³-hybridized carbons (Fsp3) is 0.242. The zero-order valence-corrected chi connectivity index (χ0v) is 23.7. The fourth-order valence-corrected chi connectivity index (χ4v) is 5.63. The van der Waals surface area contributed by atoms with Crippen molar-refractivity contribution < 1.29 is 32.6 Å². The lowest BCUT2D eigenvalue weighted by molar-refractivity contribution is -0.0156. The molecule has 2 aliphatic heterocycles. The van der Waals surface area contributed by atoms with Crippen LogP contribution in [0.15, 0.2) is 89.9 Å². The molecule has 2 amide bonds. The van der Waals surface area contributed by atoms with Crippen molar-refractivity contribution in [3.05, 3.63) is 135 Å². The summed E-state index contributed by atoms with van der Waals surface area (Å²) < 4.78 is 46.9. The normalized spacial score (nSPS) is 18.9. The summed E-state index contributed by atoms with van der Waals surface area (Å²) in [5, 5.41) is 2.52. The van der Waals surface area contributed by atoms with E-state index in [1.165, 1.54) is 16.8 Å². The van der Waals surface area contributed by atoms with Crippen molar-refractivity contribution >= 4 is 11.8 Å². The molecule has 6 rings (SSSR count). The number of nitrogens with zero attached hydrogens (tertiary/aromatic N) is 2. The van der Waals surface area contributed by atoms with Gasteiger partial charge in [0, 0.05) is 31.5 Å². The van der Waals surface area contributed by atoms with Crippen molar-refractivity contribution in [2.75, 3.05) is 13.7 Å². The van der Waals surface area contributed by atoms with Crippen molar-refractivity contribution in [3.63, 3.8) is 0 Å². The number of fused-ring (bicyclic) bond motifs is 2. The van der Waals surface area contributed by atoms with Gasteiger partial charge >= 0.3 is 0 Å². The van der Waals surface area contributed by atoms with Crippen LogP contribution in [0.3, 0.4) is 0 Å². The van der Waals surface area contributed by atoms with E-state index in [4.69, 9.17) is 14.2 Å². The Morgan fingerprint density at radius 3 is 2.45 bits per heavy atom. The number of ether oxygens (including phenoxy) is 3. The Balaban J connectivity index is 1.37. The van der Waals surface area contributed by atoms with E-state index in [1.54, 1.807) is 12.0 Å². The SMILES string of the molecule is COC[C@H]1[C@H](c2ccccc2)OC2Cn3cc(C(=O)NCc4ccc(F)cc4F)c(=O)c(OCc4ccccc4)c3C(=O)N21. The number of pyridine rings is 1. The van der Waals surface area contributed by atoms with Crippen LogP contribution in [-0.4, -0.2) is 47.3 Å². The van der Waals surface area contributed by atoms with E-state index in [9.17, 15) is 23.2 Å². The van der Waals surface area contributed by atoms with Crippen LogP contribution in [0, 0.1) is 11.6 Å². The van der Waals surface area contributed by atoms with Gasteiger partial charge in [-0.3, -0.25) is 14.4 Å². The van der Waals surface area contributed by atoms with E-state index in [-0.39, 0.29) is 48.9 Å². The van der Waals surface area contributed by atoms with Crippen LogP contribution in [0.1, 0.15) is 43.6 Å². The summed E-state index contributed by atoms with van der Waals surface area (Å²) in [4.78, 5) is 42.9. The fourth-order valence-electron chi connectivity index (χ4n) is 5.63. The second kappa shape index (κ2) is 12.4. The zero-order valence-electron chi connectivity index (χ0n) is 23.7. The Morgan fingerprint density at radius 2 is 1.75 bits per heavy atom. The van der Waals surface area contributed by atoms with Gasteiger partial charge in [0.2, 0.25) is 5.43 Å². The molecule has 11 heteroatoms. The third kappa shape index (κ3) is 5.59. The van der Waals surface area contributed by atoms with E-state index in [0.717, 1.165) is 17.2 Å². The van der Waals surface area contributed by atoms with Gasteiger partial charge in [-0.1, -0.05) is 66.7 Å². The van der Waals surface area contributed by atoms with Crippen LogP contribution in [0.5, 0.6) is 5.75 Å². The standard InChI is InChI=1S/C33H29F2N3O6/c1-42-19-26-30(21-10-6-3-7-11-21)44-27-17-37-16-24(32(40)36-15-22-12-13-23(34)14-25(22)35)29(39)31(28(37)33(41)38(26)27)43-18-20-8-4-2-5-9-20/h2-14,16,26-27,30H,15,17-19H2,1H3,(H,36,40)/t26-,27?,30-/m0/s1. The molecular formula is C33H29F2N3O6. The molecule has 1 unspecified atom stereocenters. The number of methoxy groups -OCH3 is 1. The Labute approximate surface area is 251 Å². The summed E-state index contributed by atoms with van der Waals surface area (Å²) in [6.07, 6.45) is 0.0891. The number of rotatable bonds is 9. The molecular weight excluding hydrogens is 572 g/mol. The molecule has 9 nitrogen and oxygen atoms in total. The molecule has 0 saturated carbocycles. The Bertz CT molecular complexity index is 1750. The van der Waals surface area contributed by atoms with Crippen LogP contribution < -0.4 is 15.5 Å². The molecule has 226 valence electrons. The molecule has 44 heavy (non-hydrogen) atoms. The largest absolute Gasteiger partial charge is 0.483 e. The van der Waals surface area contributed by atoms with Gasteiger partial charge in [-0.2, -0.15) is 0 Å². The molecule has 0 spiro atoms. The zero-order chi connectivity index (χ0) is 30.8. The molecule has 2 aliphatic rings. The number of aromatic nitrogens is 1. The molecule has 0 bridgehead atoms. The predicted octanol–water partition coefficient (Wildman–Crippen LogP) is 4.20. The van der Waals surface area contributed by atoms with Crippen LogP contribution in [-0.2, 0) is 29.2 Å². The Morgan fingerprint density at radius 1 is 1.02 bits per heavy atom. The first kappa shape index (κ1) is 29.2. The molecule has 3 atom stereocenters.